The maximum Gasteiger partial charge on any atom is 0.296 e. The summed E-state index contributed by atoms with van der Waals surface area (Å²) in [5.74, 6) is 0. The first-order chi connectivity index (χ1) is 11.4. The van der Waals surface area contributed by atoms with Crippen molar-refractivity contribution in [2.24, 2.45) is 0 Å². The first kappa shape index (κ1) is 18.0. The molecular formula is C18H20N2O3S. The normalized spacial score (nSPS) is 11.0. The first-order valence-corrected chi connectivity index (χ1v) is 8.98. The zero-order valence-electron chi connectivity index (χ0n) is 13.8. The Bertz CT molecular complexity index is 824. The van der Waals surface area contributed by atoms with E-state index in [2.05, 4.69) is 4.85 Å². The third-order valence-corrected chi connectivity index (χ3v) is 4.91. The number of nitrogens with zero attached hydrogens (tertiary/aromatic N) is 2. The van der Waals surface area contributed by atoms with Gasteiger partial charge in [0.25, 0.3) is 10.1 Å². The fraction of sp³-hybridized carbons (Fsp3) is 0.278. The molecule has 126 valence electrons. The molecule has 0 aliphatic heterocycles. The van der Waals surface area contributed by atoms with Crippen LogP contribution in [0.25, 0.3) is 4.85 Å². The van der Waals surface area contributed by atoms with Gasteiger partial charge in [-0.2, -0.15) is 8.42 Å². The molecule has 0 aliphatic rings. The fourth-order valence-electron chi connectivity index (χ4n) is 2.17. The minimum absolute atomic E-state index is 0.114. The molecule has 0 saturated carbocycles. The summed E-state index contributed by atoms with van der Waals surface area (Å²) in [6.07, 6.45) is 0.559. The molecule has 24 heavy (non-hydrogen) atoms. The molecule has 0 N–H and O–H groups in total. The smallest absolute Gasteiger partial charge is 0.296 e. The van der Waals surface area contributed by atoms with Crippen molar-refractivity contribution in [2.75, 3.05) is 25.1 Å². The number of aryl methyl sites for hydroxylation is 1. The molecule has 6 heteroatoms. The average molecular weight is 344 g/mol. The van der Waals surface area contributed by atoms with Crippen LogP contribution in [0.1, 0.15) is 12.0 Å². The highest BCUT2D eigenvalue weighted by Crippen LogP contribution is 2.20. The zero-order chi connectivity index (χ0) is 17.6. The van der Waals surface area contributed by atoms with E-state index < -0.39 is 10.1 Å². The molecule has 2 aromatic carbocycles. The highest BCUT2D eigenvalue weighted by atomic mass is 32.2. The fourth-order valence-corrected chi connectivity index (χ4v) is 3.12. The van der Waals surface area contributed by atoms with Gasteiger partial charge in [0.05, 0.1) is 18.1 Å². The molecule has 0 aromatic heterocycles. The minimum Gasteiger partial charge on any atom is -0.376 e. The van der Waals surface area contributed by atoms with Gasteiger partial charge in [0.2, 0.25) is 0 Å². The van der Waals surface area contributed by atoms with Crippen molar-refractivity contribution in [1.82, 2.24) is 0 Å². The average Bonchev–Trinajstić information content (AvgIpc) is 2.59. The van der Waals surface area contributed by atoms with E-state index in [4.69, 9.17) is 10.8 Å². The summed E-state index contributed by atoms with van der Waals surface area (Å²) >= 11 is 0. The van der Waals surface area contributed by atoms with E-state index in [-0.39, 0.29) is 11.5 Å². The Morgan fingerprint density at radius 2 is 1.88 bits per heavy atom. The van der Waals surface area contributed by atoms with Crippen molar-refractivity contribution in [1.29, 1.82) is 0 Å². The van der Waals surface area contributed by atoms with Gasteiger partial charge in [0, 0.05) is 19.3 Å². The van der Waals surface area contributed by atoms with E-state index >= 15 is 0 Å². The van der Waals surface area contributed by atoms with Crippen molar-refractivity contribution < 1.29 is 12.6 Å². The second kappa shape index (κ2) is 7.95. The summed E-state index contributed by atoms with van der Waals surface area (Å²) in [4.78, 5) is 5.54. The van der Waals surface area contributed by atoms with Crippen molar-refractivity contribution in [3.63, 3.8) is 0 Å². The van der Waals surface area contributed by atoms with Crippen LogP contribution < -0.4 is 4.90 Å². The minimum atomic E-state index is -3.71. The SMILES string of the molecule is [C-]#[N+]c1cccc(N(C)CCCOS(=O)(=O)c2ccc(C)cc2)c1. The highest BCUT2D eigenvalue weighted by molar-refractivity contribution is 7.86. The second-order valence-electron chi connectivity index (χ2n) is 5.50. The molecule has 0 spiro atoms. The molecule has 5 nitrogen and oxygen atoms in total. The molecule has 0 unspecified atom stereocenters. The Labute approximate surface area is 143 Å². The predicted octanol–water partition coefficient (Wildman–Crippen LogP) is 3.78. The van der Waals surface area contributed by atoms with Gasteiger partial charge in [-0.3, -0.25) is 4.18 Å². The third kappa shape index (κ3) is 4.82. The van der Waals surface area contributed by atoms with Crippen molar-refractivity contribution in [2.45, 2.75) is 18.2 Å². The van der Waals surface area contributed by atoms with Crippen LogP contribution in [0.15, 0.2) is 53.4 Å². The number of hydrogen-bond acceptors (Lipinski definition) is 4. The number of hydrogen-bond donors (Lipinski definition) is 0. The molecule has 0 heterocycles. The molecule has 0 saturated heterocycles. The summed E-state index contributed by atoms with van der Waals surface area (Å²) in [7, 11) is -1.81. The maximum atomic E-state index is 12.1. The first-order valence-electron chi connectivity index (χ1n) is 7.57. The van der Waals surface area contributed by atoms with Crippen LogP contribution >= 0.6 is 0 Å². The van der Waals surface area contributed by atoms with E-state index in [0.717, 1.165) is 11.3 Å². The van der Waals surface area contributed by atoms with Crippen LogP contribution in [0.3, 0.4) is 0 Å². The van der Waals surface area contributed by atoms with E-state index in [1.54, 1.807) is 36.4 Å². The van der Waals surface area contributed by atoms with E-state index in [0.29, 0.717) is 18.7 Å². The molecule has 0 atom stereocenters. The lowest BCUT2D eigenvalue weighted by molar-refractivity contribution is 0.313. The number of rotatable bonds is 7. The van der Waals surface area contributed by atoms with Crippen molar-refractivity contribution in [3.05, 3.63) is 65.5 Å². The van der Waals surface area contributed by atoms with E-state index in [1.807, 2.05) is 31.0 Å². The van der Waals surface area contributed by atoms with Crippen LogP contribution in [0.5, 0.6) is 0 Å². The summed E-state index contributed by atoms with van der Waals surface area (Å²) in [6.45, 7) is 9.68. The maximum absolute atomic E-state index is 12.1. The lowest BCUT2D eigenvalue weighted by Gasteiger charge is -2.19. The Hall–Kier alpha value is -2.36. The quantitative estimate of drug-likeness (QED) is 0.436. The predicted molar refractivity (Wildman–Crippen MR) is 94.9 cm³/mol. The number of benzene rings is 2. The highest BCUT2D eigenvalue weighted by Gasteiger charge is 2.14. The van der Waals surface area contributed by atoms with Gasteiger partial charge in [0.15, 0.2) is 5.69 Å². The summed E-state index contributed by atoms with van der Waals surface area (Å²) in [5, 5.41) is 0. The van der Waals surface area contributed by atoms with E-state index in [1.165, 1.54) is 0 Å². The molecule has 0 bridgehead atoms. The summed E-state index contributed by atoms with van der Waals surface area (Å²) in [6, 6.07) is 13.9. The van der Waals surface area contributed by atoms with Crippen LogP contribution in [-0.2, 0) is 14.3 Å². The van der Waals surface area contributed by atoms with Gasteiger partial charge in [-0.1, -0.05) is 29.8 Å². The molecule has 0 amide bonds. The molecule has 0 radical (unpaired) electrons. The van der Waals surface area contributed by atoms with Crippen LogP contribution in [0, 0.1) is 13.5 Å². The summed E-state index contributed by atoms with van der Waals surface area (Å²) in [5.41, 5.74) is 2.50. The van der Waals surface area contributed by atoms with Gasteiger partial charge in [-0.15, -0.1) is 0 Å². The Morgan fingerprint density at radius 1 is 1.17 bits per heavy atom. The summed E-state index contributed by atoms with van der Waals surface area (Å²) < 4.78 is 29.2. The Kier molecular flexibility index (Phi) is 5.96. The lowest BCUT2D eigenvalue weighted by atomic mass is 10.2. The van der Waals surface area contributed by atoms with Gasteiger partial charge < -0.3 is 4.90 Å². The Balaban J connectivity index is 1.85. The van der Waals surface area contributed by atoms with Gasteiger partial charge in [0.1, 0.15) is 0 Å². The topological polar surface area (TPSA) is 51.0 Å². The van der Waals surface area contributed by atoms with Crippen molar-refractivity contribution in [3.8, 4) is 0 Å². The molecular weight excluding hydrogens is 324 g/mol. The third-order valence-electron chi connectivity index (χ3n) is 3.59. The molecule has 0 aliphatic carbocycles. The van der Waals surface area contributed by atoms with Gasteiger partial charge >= 0.3 is 0 Å². The monoisotopic (exact) mass is 344 g/mol. The molecule has 2 rings (SSSR count). The standard InChI is InChI=1S/C18H20N2O3S/c1-15-8-10-18(11-9-15)24(21,22)23-13-5-12-20(3)17-7-4-6-16(14-17)19-2/h4,6-11,14H,5,12-13H2,1,3H3. The van der Waals surface area contributed by atoms with E-state index in [9.17, 15) is 8.42 Å². The van der Waals surface area contributed by atoms with Gasteiger partial charge in [-0.25, -0.2) is 4.85 Å². The lowest BCUT2D eigenvalue weighted by Crippen LogP contribution is -2.20. The Morgan fingerprint density at radius 3 is 2.54 bits per heavy atom. The second-order valence-corrected chi connectivity index (χ2v) is 7.11. The largest absolute Gasteiger partial charge is 0.376 e. The van der Waals surface area contributed by atoms with Gasteiger partial charge in [-0.05, 0) is 37.6 Å². The zero-order valence-corrected chi connectivity index (χ0v) is 14.6. The number of anilines is 1. The van der Waals surface area contributed by atoms with Crippen LogP contribution in [0.4, 0.5) is 11.4 Å². The van der Waals surface area contributed by atoms with Crippen molar-refractivity contribution >= 4 is 21.5 Å². The molecule has 2 aromatic rings. The van der Waals surface area contributed by atoms with Crippen LogP contribution in [-0.4, -0.2) is 28.6 Å². The molecule has 0 fully saturated rings. The van der Waals surface area contributed by atoms with Crippen LogP contribution in [0.2, 0.25) is 0 Å².